The molecular formula is C19H22N2O6S2. The number of benzene rings is 2. The molecule has 2 aromatic carbocycles. The molecule has 29 heavy (non-hydrogen) atoms. The molecule has 0 spiro atoms. The Balaban J connectivity index is 2.11. The molecule has 2 aromatic rings. The molecular weight excluding hydrogens is 416 g/mol. The second-order valence-electron chi connectivity index (χ2n) is 6.64. The molecule has 0 radical (unpaired) electrons. The highest BCUT2D eigenvalue weighted by molar-refractivity contribution is 7.94. The van der Waals surface area contributed by atoms with Gasteiger partial charge >= 0.3 is 0 Å². The summed E-state index contributed by atoms with van der Waals surface area (Å²) >= 11 is 0. The van der Waals surface area contributed by atoms with E-state index in [0.29, 0.717) is 9.99 Å². The number of sulfonamides is 2. The minimum atomic E-state index is -4.12. The van der Waals surface area contributed by atoms with Gasteiger partial charge in [-0.25, -0.2) is 21.1 Å². The van der Waals surface area contributed by atoms with Crippen molar-refractivity contribution in [2.75, 3.05) is 21.4 Å². The van der Waals surface area contributed by atoms with Crippen LogP contribution in [0.15, 0.2) is 41.3 Å². The summed E-state index contributed by atoms with van der Waals surface area (Å²) in [7, 11) is -7.94. The zero-order chi connectivity index (χ0) is 21.4. The number of hydrogen-bond donors (Lipinski definition) is 1. The normalized spacial score (nSPS) is 16.1. The maximum Gasteiger partial charge on any atom is 0.265 e. The van der Waals surface area contributed by atoms with Crippen LogP contribution in [0.2, 0.25) is 0 Å². The fraction of sp³-hybridized carbons (Fsp3) is 0.316. The molecule has 0 bridgehead atoms. The third-order valence-electron chi connectivity index (χ3n) is 4.68. The number of amides is 1. The maximum absolute atomic E-state index is 13.1. The predicted octanol–water partition coefficient (Wildman–Crippen LogP) is 2.57. The molecule has 8 nitrogen and oxygen atoms in total. The number of hydrogen-bond acceptors (Lipinski definition) is 6. The van der Waals surface area contributed by atoms with Crippen LogP contribution in [0.5, 0.6) is 5.75 Å². The Bertz CT molecular complexity index is 1170. The predicted molar refractivity (Wildman–Crippen MR) is 110 cm³/mol. The summed E-state index contributed by atoms with van der Waals surface area (Å²) in [4.78, 5) is 11.8. The van der Waals surface area contributed by atoms with E-state index in [9.17, 15) is 21.6 Å². The SMILES string of the molecule is CCOc1ccc(N2C(=O)CCS2(=O)=O)cc1S(=O)(=O)Nc1cccc(C)c1C. The van der Waals surface area contributed by atoms with Crippen molar-refractivity contribution in [2.45, 2.75) is 32.1 Å². The van der Waals surface area contributed by atoms with Crippen molar-refractivity contribution in [2.24, 2.45) is 0 Å². The van der Waals surface area contributed by atoms with E-state index in [2.05, 4.69) is 4.72 Å². The zero-order valence-electron chi connectivity index (χ0n) is 16.3. The molecule has 0 unspecified atom stereocenters. The van der Waals surface area contributed by atoms with Gasteiger partial charge in [-0.1, -0.05) is 12.1 Å². The molecule has 3 rings (SSSR count). The summed E-state index contributed by atoms with van der Waals surface area (Å²) in [5.74, 6) is -0.833. The van der Waals surface area contributed by atoms with E-state index in [4.69, 9.17) is 4.74 Å². The van der Waals surface area contributed by atoms with Crippen molar-refractivity contribution >= 4 is 37.3 Å². The van der Waals surface area contributed by atoms with Crippen LogP contribution >= 0.6 is 0 Å². The van der Waals surface area contributed by atoms with Gasteiger partial charge in [0, 0.05) is 6.42 Å². The molecule has 0 atom stereocenters. The van der Waals surface area contributed by atoms with Crippen molar-refractivity contribution in [3.63, 3.8) is 0 Å². The number of ether oxygens (including phenoxy) is 1. The summed E-state index contributed by atoms with van der Waals surface area (Å²) < 4.78 is 59.3. The van der Waals surface area contributed by atoms with Crippen molar-refractivity contribution < 1.29 is 26.4 Å². The lowest BCUT2D eigenvalue weighted by molar-refractivity contribution is -0.116. The minimum Gasteiger partial charge on any atom is -0.492 e. The minimum absolute atomic E-state index is 0.0303. The molecule has 0 aromatic heterocycles. The fourth-order valence-electron chi connectivity index (χ4n) is 3.04. The summed E-state index contributed by atoms with van der Waals surface area (Å²) in [5.41, 5.74) is 2.06. The van der Waals surface area contributed by atoms with E-state index in [1.165, 1.54) is 12.1 Å². The van der Waals surface area contributed by atoms with E-state index in [0.717, 1.165) is 17.2 Å². The smallest absolute Gasteiger partial charge is 0.265 e. The molecule has 1 fully saturated rings. The van der Waals surface area contributed by atoms with E-state index < -0.39 is 26.0 Å². The van der Waals surface area contributed by atoms with Crippen LogP contribution in [0, 0.1) is 13.8 Å². The van der Waals surface area contributed by atoms with Gasteiger partial charge in [-0.2, -0.15) is 0 Å². The van der Waals surface area contributed by atoms with Gasteiger partial charge < -0.3 is 4.74 Å². The number of aryl methyl sites for hydroxylation is 1. The number of nitrogens with zero attached hydrogens (tertiary/aromatic N) is 1. The highest BCUT2D eigenvalue weighted by Gasteiger charge is 2.37. The summed E-state index contributed by atoms with van der Waals surface area (Å²) in [6, 6.07) is 9.11. The molecule has 10 heteroatoms. The first-order valence-corrected chi connectivity index (χ1v) is 12.1. The van der Waals surface area contributed by atoms with E-state index >= 15 is 0 Å². The van der Waals surface area contributed by atoms with Gasteiger partial charge in [0.25, 0.3) is 10.0 Å². The molecule has 0 aliphatic carbocycles. The molecule has 1 heterocycles. The Kier molecular flexibility index (Phi) is 5.59. The first kappa shape index (κ1) is 21.1. The van der Waals surface area contributed by atoms with Crippen LogP contribution in [0.1, 0.15) is 24.5 Å². The first-order valence-electron chi connectivity index (χ1n) is 8.98. The van der Waals surface area contributed by atoms with Crippen molar-refractivity contribution in [3.05, 3.63) is 47.5 Å². The topological polar surface area (TPSA) is 110 Å². The number of carbonyl (C=O) groups is 1. The number of carbonyl (C=O) groups excluding carboxylic acids is 1. The number of anilines is 2. The van der Waals surface area contributed by atoms with Crippen molar-refractivity contribution in [1.82, 2.24) is 0 Å². The van der Waals surface area contributed by atoms with Crippen LogP contribution < -0.4 is 13.8 Å². The van der Waals surface area contributed by atoms with Gasteiger partial charge in [0.15, 0.2) is 0 Å². The molecule has 0 saturated carbocycles. The van der Waals surface area contributed by atoms with Crippen LogP contribution in [0.25, 0.3) is 0 Å². The maximum atomic E-state index is 13.1. The largest absolute Gasteiger partial charge is 0.492 e. The van der Waals surface area contributed by atoms with Crippen molar-refractivity contribution in [1.29, 1.82) is 0 Å². The third-order valence-corrected chi connectivity index (χ3v) is 7.76. The Hall–Kier alpha value is -2.59. The summed E-state index contributed by atoms with van der Waals surface area (Å²) in [6.45, 7) is 5.58. The van der Waals surface area contributed by atoms with Crippen molar-refractivity contribution in [3.8, 4) is 5.75 Å². The van der Waals surface area contributed by atoms with Gasteiger partial charge in [-0.15, -0.1) is 0 Å². The average Bonchev–Trinajstić information content (AvgIpc) is 2.92. The Morgan fingerprint density at radius 3 is 2.52 bits per heavy atom. The fourth-order valence-corrected chi connectivity index (χ4v) is 5.78. The Labute approximate surface area is 170 Å². The molecule has 1 saturated heterocycles. The molecule has 1 amide bonds. The second kappa shape index (κ2) is 7.68. The van der Waals surface area contributed by atoms with Crippen LogP contribution in [-0.4, -0.2) is 35.1 Å². The lowest BCUT2D eigenvalue weighted by Crippen LogP contribution is -2.29. The van der Waals surface area contributed by atoms with Gasteiger partial charge in [0.05, 0.1) is 23.7 Å². The highest BCUT2D eigenvalue weighted by atomic mass is 32.2. The lowest BCUT2D eigenvalue weighted by Gasteiger charge is -2.19. The summed E-state index contributed by atoms with van der Waals surface area (Å²) in [5, 5.41) is 0. The molecule has 1 N–H and O–H groups in total. The second-order valence-corrected chi connectivity index (χ2v) is 10.2. The number of nitrogens with one attached hydrogen (secondary N) is 1. The van der Waals surface area contributed by atoms with Crippen LogP contribution in [0.3, 0.4) is 0 Å². The zero-order valence-corrected chi connectivity index (χ0v) is 17.9. The van der Waals surface area contributed by atoms with Gasteiger partial charge in [-0.05, 0) is 56.2 Å². The summed E-state index contributed by atoms with van der Waals surface area (Å²) in [6.07, 6.45) is -0.141. The quantitative estimate of drug-likeness (QED) is 0.742. The van der Waals surface area contributed by atoms with Gasteiger partial charge in [0.1, 0.15) is 10.6 Å². The first-order chi connectivity index (χ1) is 13.6. The van der Waals surface area contributed by atoms with Crippen LogP contribution in [-0.2, 0) is 24.8 Å². The van der Waals surface area contributed by atoms with Gasteiger partial charge in [0.2, 0.25) is 15.9 Å². The van der Waals surface area contributed by atoms with Gasteiger partial charge in [-0.3, -0.25) is 9.52 Å². The molecule has 1 aliphatic rings. The number of rotatable bonds is 6. The van der Waals surface area contributed by atoms with Crippen LogP contribution in [0.4, 0.5) is 11.4 Å². The van der Waals surface area contributed by atoms with E-state index in [1.54, 1.807) is 26.0 Å². The molecule has 1 aliphatic heterocycles. The average molecular weight is 439 g/mol. The Morgan fingerprint density at radius 2 is 1.90 bits per heavy atom. The standard InChI is InChI=1S/C19H22N2O6S2/c1-4-27-17-9-8-15(21-19(22)10-11-28(21,23)24)12-18(17)29(25,26)20-16-7-5-6-13(2)14(16)3/h5-9,12,20H,4,10-11H2,1-3H3. The molecule has 156 valence electrons. The Morgan fingerprint density at radius 1 is 1.17 bits per heavy atom. The monoisotopic (exact) mass is 438 g/mol. The lowest BCUT2D eigenvalue weighted by atomic mass is 10.1. The highest BCUT2D eigenvalue weighted by Crippen LogP contribution is 2.34. The third kappa shape index (κ3) is 4.08. The van der Waals surface area contributed by atoms with E-state index in [-0.39, 0.29) is 35.1 Å². The van der Waals surface area contributed by atoms with E-state index in [1.807, 2.05) is 13.0 Å².